The van der Waals surface area contributed by atoms with Gasteiger partial charge < -0.3 is 0 Å². The van der Waals surface area contributed by atoms with Gasteiger partial charge in [0.25, 0.3) is 0 Å². The fourth-order valence-electron chi connectivity index (χ4n) is 1.04. The molecule has 0 aliphatic heterocycles. The van der Waals surface area contributed by atoms with Crippen LogP contribution in [-0.2, 0) is 15.8 Å². The van der Waals surface area contributed by atoms with Gasteiger partial charge in [-0.05, 0) is 5.56 Å². The highest BCUT2D eigenvalue weighted by atomic mass is 32.2. The third kappa shape index (κ3) is 3.85. The lowest BCUT2D eigenvalue weighted by molar-refractivity contribution is 0.486. The predicted molar refractivity (Wildman–Crippen MR) is 53.0 cm³/mol. The first-order chi connectivity index (χ1) is 6.64. The third-order valence-electron chi connectivity index (χ3n) is 1.62. The van der Waals surface area contributed by atoms with E-state index in [4.69, 9.17) is 0 Å². The van der Waals surface area contributed by atoms with Gasteiger partial charge in [-0.25, -0.2) is 17.5 Å². The van der Waals surface area contributed by atoms with Gasteiger partial charge in [0.05, 0.1) is 5.75 Å². The van der Waals surface area contributed by atoms with Crippen molar-refractivity contribution in [2.24, 2.45) is 0 Å². The Bertz CT molecular complexity index is 364. The number of hydrogen-bond acceptors (Lipinski definition) is 2. The summed E-state index contributed by atoms with van der Waals surface area (Å²) in [6, 6.07) is 8.77. The highest BCUT2D eigenvalue weighted by Crippen LogP contribution is 2.03. The highest BCUT2D eigenvalue weighted by molar-refractivity contribution is 7.88. The standard InChI is InChI=1S/C9H12FNO2S/c10-6-7-11-14(12,13)8-9-4-2-1-3-5-9/h1-5,11H,6-8H2. The molecule has 1 aromatic carbocycles. The quantitative estimate of drug-likeness (QED) is 0.802. The van der Waals surface area contributed by atoms with E-state index in [0.29, 0.717) is 5.56 Å². The number of hydrogen-bond donors (Lipinski definition) is 1. The molecule has 0 amide bonds. The van der Waals surface area contributed by atoms with Crippen molar-refractivity contribution in [2.75, 3.05) is 13.2 Å². The van der Waals surface area contributed by atoms with Crippen LogP contribution in [0.2, 0.25) is 0 Å². The van der Waals surface area contributed by atoms with E-state index >= 15 is 0 Å². The molecule has 14 heavy (non-hydrogen) atoms. The smallest absolute Gasteiger partial charge is 0.215 e. The van der Waals surface area contributed by atoms with Crippen molar-refractivity contribution in [3.05, 3.63) is 35.9 Å². The molecule has 5 heteroatoms. The second-order valence-corrected chi connectivity index (χ2v) is 4.63. The predicted octanol–water partition coefficient (Wildman–Crippen LogP) is 1.08. The summed E-state index contributed by atoms with van der Waals surface area (Å²) >= 11 is 0. The van der Waals surface area contributed by atoms with Crippen LogP contribution in [-0.4, -0.2) is 21.6 Å². The zero-order valence-corrected chi connectivity index (χ0v) is 8.43. The molecule has 0 bridgehead atoms. The Kier molecular flexibility index (Phi) is 4.03. The molecule has 1 aromatic rings. The lowest BCUT2D eigenvalue weighted by Gasteiger charge is -2.04. The summed E-state index contributed by atoms with van der Waals surface area (Å²) < 4.78 is 36.5. The molecule has 0 saturated heterocycles. The molecule has 0 unspecified atom stereocenters. The van der Waals surface area contributed by atoms with Gasteiger partial charge in [-0.3, -0.25) is 0 Å². The maximum atomic E-state index is 11.7. The van der Waals surface area contributed by atoms with Crippen LogP contribution in [0.3, 0.4) is 0 Å². The Morgan fingerprint density at radius 2 is 1.86 bits per heavy atom. The van der Waals surface area contributed by atoms with Crippen molar-refractivity contribution in [3.8, 4) is 0 Å². The summed E-state index contributed by atoms with van der Waals surface area (Å²) in [7, 11) is -3.39. The fraction of sp³-hybridized carbons (Fsp3) is 0.333. The van der Waals surface area contributed by atoms with Crippen LogP contribution in [0.4, 0.5) is 4.39 Å². The van der Waals surface area contributed by atoms with E-state index in [-0.39, 0.29) is 12.3 Å². The molecule has 0 fully saturated rings. The van der Waals surface area contributed by atoms with Crippen molar-refractivity contribution in [3.63, 3.8) is 0 Å². The van der Waals surface area contributed by atoms with Gasteiger partial charge in [0.2, 0.25) is 10.0 Å². The molecule has 0 aromatic heterocycles. The van der Waals surface area contributed by atoms with Gasteiger partial charge in [0.15, 0.2) is 0 Å². The summed E-state index contributed by atoms with van der Waals surface area (Å²) in [5, 5.41) is 0. The molecule has 1 rings (SSSR count). The minimum Gasteiger partial charge on any atom is -0.250 e. The number of rotatable bonds is 5. The Balaban J connectivity index is 2.60. The molecule has 3 nitrogen and oxygen atoms in total. The number of nitrogens with one attached hydrogen (secondary N) is 1. The number of alkyl halides is 1. The van der Waals surface area contributed by atoms with Crippen molar-refractivity contribution < 1.29 is 12.8 Å². The molecule has 0 aliphatic carbocycles. The van der Waals surface area contributed by atoms with E-state index in [2.05, 4.69) is 4.72 Å². The van der Waals surface area contributed by atoms with E-state index in [9.17, 15) is 12.8 Å². The largest absolute Gasteiger partial charge is 0.250 e. The molecule has 0 atom stereocenters. The Morgan fingerprint density at radius 1 is 1.21 bits per heavy atom. The van der Waals surface area contributed by atoms with Crippen LogP contribution in [0.1, 0.15) is 5.56 Å². The summed E-state index contributed by atoms with van der Waals surface area (Å²) in [6.45, 7) is -0.844. The molecule has 0 aliphatic rings. The average Bonchev–Trinajstić information content (AvgIpc) is 2.16. The van der Waals surface area contributed by atoms with Crippen LogP contribution in [0.15, 0.2) is 30.3 Å². The van der Waals surface area contributed by atoms with Gasteiger partial charge in [-0.2, -0.15) is 0 Å². The SMILES string of the molecule is O=S(=O)(Cc1ccccc1)NCCF. The molecule has 1 N–H and O–H groups in total. The number of sulfonamides is 1. The van der Waals surface area contributed by atoms with E-state index in [1.165, 1.54) is 0 Å². The zero-order chi connectivity index (χ0) is 10.4. The molecule has 0 saturated carbocycles. The van der Waals surface area contributed by atoms with Gasteiger partial charge in [-0.15, -0.1) is 0 Å². The number of halogens is 1. The molecule has 78 valence electrons. The normalized spacial score (nSPS) is 11.5. The molecular weight excluding hydrogens is 205 g/mol. The second-order valence-electron chi connectivity index (χ2n) is 2.83. The van der Waals surface area contributed by atoms with Crippen LogP contribution in [0.25, 0.3) is 0 Å². The Morgan fingerprint density at radius 3 is 2.43 bits per heavy atom. The first-order valence-electron chi connectivity index (χ1n) is 4.21. The van der Waals surface area contributed by atoms with E-state index in [1.807, 2.05) is 6.07 Å². The Labute approximate surface area is 83.0 Å². The molecule has 0 radical (unpaired) electrons. The van der Waals surface area contributed by atoms with E-state index in [1.54, 1.807) is 24.3 Å². The van der Waals surface area contributed by atoms with Gasteiger partial charge in [0.1, 0.15) is 6.67 Å². The van der Waals surface area contributed by atoms with Crippen LogP contribution in [0.5, 0.6) is 0 Å². The summed E-state index contributed by atoms with van der Waals surface area (Å²) in [5.74, 6) is -0.103. The van der Waals surface area contributed by atoms with Gasteiger partial charge in [0, 0.05) is 6.54 Å². The molecule has 0 heterocycles. The minimum absolute atomic E-state index is 0.103. The monoisotopic (exact) mass is 217 g/mol. The number of benzene rings is 1. The fourth-order valence-corrected chi connectivity index (χ4v) is 2.16. The maximum Gasteiger partial charge on any atom is 0.215 e. The highest BCUT2D eigenvalue weighted by Gasteiger charge is 2.09. The van der Waals surface area contributed by atoms with E-state index < -0.39 is 16.7 Å². The zero-order valence-electron chi connectivity index (χ0n) is 7.61. The van der Waals surface area contributed by atoms with Crippen LogP contribution in [0, 0.1) is 0 Å². The van der Waals surface area contributed by atoms with Crippen molar-refractivity contribution in [1.29, 1.82) is 0 Å². The molecule has 0 spiro atoms. The van der Waals surface area contributed by atoms with Gasteiger partial charge >= 0.3 is 0 Å². The van der Waals surface area contributed by atoms with Crippen LogP contribution >= 0.6 is 0 Å². The van der Waals surface area contributed by atoms with E-state index in [0.717, 1.165) is 0 Å². The van der Waals surface area contributed by atoms with Crippen molar-refractivity contribution >= 4 is 10.0 Å². The second kappa shape index (κ2) is 5.07. The summed E-state index contributed by atoms with van der Waals surface area (Å²) in [6.07, 6.45) is 0. The first-order valence-corrected chi connectivity index (χ1v) is 5.86. The lowest BCUT2D eigenvalue weighted by Crippen LogP contribution is -2.27. The molecular formula is C9H12FNO2S. The summed E-state index contributed by atoms with van der Waals surface area (Å²) in [4.78, 5) is 0. The minimum atomic E-state index is -3.39. The van der Waals surface area contributed by atoms with Crippen molar-refractivity contribution in [1.82, 2.24) is 4.72 Å². The van der Waals surface area contributed by atoms with Gasteiger partial charge in [-0.1, -0.05) is 30.3 Å². The average molecular weight is 217 g/mol. The van der Waals surface area contributed by atoms with Crippen LogP contribution < -0.4 is 4.72 Å². The lowest BCUT2D eigenvalue weighted by atomic mass is 10.2. The maximum absolute atomic E-state index is 11.7. The topological polar surface area (TPSA) is 46.2 Å². The summed E-state index contributed by atoms with van der Waals surface area (Å²) in [5.41, 5.74) is 0.693. The third-order valence-corrected chi connectivity index (χ3v) is 2.97. The Hall–Kier alpha value is -0.940. The first kappa shape index (κ1) is 11.1. The van der Waals surface area contributed by atoms with Crippen molar-refractivity contribution in [2.45, 2.75) is 5.75 Å².